The summed E-state index contributed by atoms with van der Waals surface area (Å²) in [6, 6.07) is 6.53. The van der Waals surface area contributed by atoms with E-state index in [0.717, 1.165) is 25.7 Å². The van der Waals surface area contributed by atoms with Crippen LogP contribution >= 0.6 is 0 Å². The highest BCUT2D eigenvalue weighted by Crippen LogP contribution is 2.20. The van der Waals surface area contributed by atoms with E-state index in [1.54, 1.807) is 0 Å². The maximum absolute atomic E-state index is 13.4. The van der Waals surface area contributed by atoms with E-state index in [0.29, 0.717) is 12.0 Å². The molecule has 0 spiro atoms. The van der Waals surface area contributed by atoms with Gasteiger partial charge >= 0.3 is 0 Å². The van der Waals surface area contributed by atoms with Gasteiger partial charge in [0, 0.05) is 12.0 Å². The fraction of sp³-hybridized carbons (Fsp3) is 0.869. The van der Waals surface area contributed by atoms with Gasteiger partial charge in [-0.25, -0.2) is 0 Å². The highest BCUT2D eigenvalue weighted by atomic mass is 16.2. The first kappa shape index (κ1) is 60.4. The maximum Gasteiger partial charge on any atom is 0.257 e. The molecule has 0 aliphatic rings. The second kappa shape index (κ2) is 49.3. The predicted molar refractivity (Wildman–Crippen MR) is 285 cm³/mol. The molecule has 64 heavy (non-hydrogen) atoms. The van der Waals surface area contributed by atoms with Crippen molar-refractivity contribution in [1.29, 1.82) is 0 Å². The van der Waals surface area contributed by atoms with Crippen LogP contribution in [0.15, 0.2) is 18.2 Å². The van der Waals surface area contributed by atoms with Crippen molar-refractivity contribution in [1.82, 2.24) is 5.32 Å². The summed E-state index contributed by atoms with van der Waals surface area (Å²) in [6.07, 6.45) is 66.4. The van der Waals surface area contributed by atoms with Gasteiger partial charge in [-0.3, -0.25) is 14.9 Å². The van der Waals surface area contributed by atoms with E-state index in [1.807, 2.05) is 0 Å². The summed E-state index contributed by atoms with van der Waals surface area (Å²) in [5, 5.41) is 2.77. The SMILES string of the molecule is CCCCCCCCCCCCCCCCCCc1cc(CCCCCCCCCCCCCCCCCC)cc(C(=O)NC(=O)CCCCCCCCCCCCCCCCC)c1. The number of imide groups is 1. The zero-order valence-electron chi connectivity index (χ0n) is 43.9. The van der Waals surface area contributed by atoms with Crippen LogP contribution in [0.5, 0.6) is 0 Å². The minimum atomic E-state index is -0.201. The van der Waals surface area contributed by atoms with Gasteiger partial charge in [0.25, 0.3) is 5.91 Å². The van der Waals surface area contributed by atoms with Crippen LogP contribution in [0, 0.1) is 0 Å². The summed E-state index contributed by atoms with van der Waals surface area (Å²) >= 11 is 0. The number of amides is 2. The van der Waals surface area contributed by atoms with Gasteiger partial charge in [0.05, 0.1) is 0 Å². The third-order valence-corrected chi connectivity index (χ3v) is 14.2. The Bertz CT molecular complexity index is 1070. The van der Waals surface area contributed by atoms with Gasteiger partial charge in [-0.2, -0.15) is 0 Å². The Morgan fingerprint density at radius 1 is 0.297 bits per heavy atom. The lowest BCUT2D eigenvalue weighted by Gasteiger charge is -2.11. The topological polar surface area (TPSA) is 46.2 Å². The van der Waals surface area contributed by atoms with E-state index >= 15 is 0 Å². The van der Waals surface area contributed by atoms with Gasteiger partial charge in [0.15, 0.2) is 0 Å². The molecule has 0 aromatic heterocycles. The molecular weight excluding hydrogens is 779 g/mol. The first-order valence-corrected chi connectivity index (χ1v) is 29.6. The quantitative estimate of drug-likeness (QED) is 0.0663. The number of unbranched alkanes of at least 4 members (excludes halogenated alkanes) is 44. The van der Waals surface area contributed by atoms with Crippen LogP contribution in [0.3, 0.4) is 0 Å². The zero-order chi connectivity index (χ0) is 46.1. The van der Waals surface area contributed by atoms with Crippen molar-refractivity contribution in [2.45, 2.75) is 342 Å². The molecule has 1 rings (SSSR count). The van der Waals surface area contributed by atoms with Crippen molar-refractivity contribution in [2.75, 3.05) is 0 Å². The van der Waals surface area contributed by atoms with Crippen LogP contribution < -0.4 is 5.32 Å². The molecule has 0 fully saturated rings. The molecule has 0 bridgehead atoms. The minimum Gasteiger partial charge on any atom is -0.292 e. The molecule has 1 aromatic rings. The molecule has 1 aromatic carbocycles. The fourth-order valence-corrected chi connectivity index (χ4v) is 9.85. The average molecular weight is 893 g/mol. The number of aryl methyl sites for hydroxylation is 2. The van der Waals surface area contributed by atoms with Gasteiger partial charge in [0.2, 0.25) is 5.91 Å². The predicted octanol–water partition coefficient (Wildman–Crippen LogP) is 20.8. The molecule has 0 saturated carbocycles. The Labute approximate surface area is 401 Å². The molecule has 0 saturated heterocycles. The lowest BCUT2D eigenvalue weighted by molar-refractivity contribution is -0.120. The van der Waals surface area contributed by atoms with Gasteiger partial charge in [-0.15, -0.1) is 0 Å². The maximum atomic E-state index is 13.4. The van der Waals surface area contributed by atoms with E-state index in [2.05, 4.69) is 44.3 Å². The molecule has 3 nitrogen and oxygen atoms in total. The summed E-state index contributed by atoms with van der Waals surface area (Å²) < 4.78 is 0. The average Bonchev–Trinajstić information content (AvgIpc) is 3.30. The molecule has 2 amide bonds. The van der Waals surface area contributed by atoms with Crippen LogP contribution in [-0.2, 0) is 17.6 Å². The Morgan fingerprint density at radius 3 is 0.766 bits per heavy atom. The lowest BCUT2D eigenvalue weighted by atomic mass is 9.96. The molecule has 0 heterocycles. The Kier molecular flexibility index (Phi) is 46.5. The van der Waals surface area contributed by atoms with E-state index in [1.165, 1.54) is 300 Å². The van der Waals surface area contributed by atoms with E-state index in [4.69, 9.17) is 0 Å². The summed E-state index contributed by atoms with van der Waals surface area (Å²) in [4.78, 5) is 26.3. The number of carbonyl (C=O) groups excluding carboxylic acids is 2. The lowest BCUT2D eigenvalue weighted by Crippen LogP contribution is -2.30. The number of benzene rings is 1. The first-order valence-electron chi connectivity index (χ1n) is 29.6. The summed E-state index contributed by atoms with van der Waals surface area (Å²) in [5.74, 6) is -0.310. The Balaban J connectivity index is 2.38. The fourth-order valence-electron chi connectivity index (χ4n) is 9.85. The minimum absolute atomic E-state index is 0.109. The largest absolute Gasteiger partial charge is 0.292 e. The Hall–Kier alpha value is -1.64. The molecule has 0 radical (unpaired) electrons. The number of hydrogen-bond acceptors (Lipinski definition) is 2. The Morgan fingerprint density at radius 2 is 0.516 bits per heavy atom. The molecule has 0 aliphatic heterocycles. The van der Waals surface area contributed by atoms with Crippen LogP contribution in [0.4, 0.5) is 0 Å². The van der Waals surface area contributed by atoms with Gasteiger partial charge in [-0.1, -0.05) is 309 Å². The van der Waals surface area contributed by atoms with Crippen molar-refractivity contribution in [3.63, 3.8) is 0 Å². The van der Waals surface area contributed by atoms with E-state index in [-0.39, 0.29) is 11.8 Å². The summed E-state index contributed by atoms with van der Waals surface area (Å²) in [7, 11) is 0. The third kappa shape index (κ3) is 41.8. The summed E-state index contributed by atoms with van der Waals surface area (Å²) in [6.45, 7) is 6.89. The molecule has 0 aliphatic carbocycles. The zero-order valence-corrected chi connectivity index (χ0v) is 43.9. The van der Waals surface area contributed by atoms with Crippen LogP contribution in [0.25, 0.3) is 0 Å². The van der Waals surface area contributed by atoms with Crippen molar-refractivity contribution < 1.29 is 9.59 Å². The standard InChI is InChI=1S/C61H113NO2/c1-4-7-10-13-16-19-22-25-28-31-33-36-39-42-45-48-51-57-54-58(52-49-46-43-40-37-34-32-29-26-23-20-17-14-11-8-5-2)56-59(55-57)61(64)62-60(63)53-50-47-44-41-38-35-30-27-24-21-18-15-12-9-6-3/h54-56H,4-53H2,1-3H3,(H,62,63,64). The monoisotopic (exact) mass is 892 g/mol. The second-order valence-electron chi connectivity index (χ2n) is 20.7. The van der Waals surface area contributed by atoms with E-state index in [9.17, 15) is 9.59 Å². The van der Waals surface area contributed by atoms with Crippen molar-refractivity contribution in [3.05, 3.63) is 34.9 Å². The molecule has 374 valence electrons. The van der Waals surface area contributed by atoms with Gasteiger partial charge < -0.3 is 0 Å². The number of carbonyl (C=O) groups is 2. The van der Waals surface area contributed by atoms with Crippen LogP contribution in [0.1, 0.15) is 350 Å². The van der Waals surface area contributed by atoms with Gasteiger partial charge in [0.1, 0.15) is 0 Å². The normalized spacial score (nSPS) is 11.5. The molecule has 1 N–H and O–H groups in total. The molecule has 0 unspecified atom stereocenters. The number of nitrogens with one attached hydrogen (secondary N) is 1. The highest BCUT2D eigenvalue weighted by Gasteiger charge is 2.13. The van der Waals surface area contributed by atoms with Crippen LogP contribution in [0.2, 0.25) is 0 Å². The number of rotatable bonds is 51. The molecule has 0 atom stereocenters. The third-order valence-electron chi connectivity index (χ3n) is 14.2. The highest BCUT2D eigenvalue weighted by molar-refractivity contribution is 6.04. The second-order valence-corrected chi connectivity index (χ2v) is 20.7. The van der Waals surface area contributed by atoms with Crippen molar-refractivity contribution >= 4 is 11.8 Å². The van der Waals surface area contributed by atoms with Crippen molar-refractivity contribution in [3.8, 4) is 0 Å². The number of hydrogen-bond donors (Lipinski definition) is 1. The summed E-state index contributed by atoms with van der Waals surface area (Å²) in [5.41, 5.74) is 3.24. The molecular formula is C61H113NO2. The van der Waals surface area contributed by atoms with Crippen molar-refractivity contribution in [2.24, 2.45) is 0 Å². The molecule has 3 heteroatoms. The van der Waals surface area contributed by atoms with Crippen LogP contribution in [-0.4, -0.2) is 11.8 Å². The first-order chi connectivity index (χ1) is 31.6. The van der Waals surface area contributed by atoms with Gasteiger partial charge in [-0.05, 0) is 55.4 Å². The smallest absolute Gasteiger partial charge is 0.257 e. The van der Waals surface area contributed by atoms with E-state index < -0.39 is 0 Å².